The minimum atomic E-state index is -3.58. The number of anilines is 1. The lowest BCUT2D eigenvalue weighted by atomic mass is 9.98. The van der Waals surface area contributed by atoms with Crippen LogP contribution in [0.4, 0.5) is 5.69 Å². The van der Waals surface area contributed by atoms with Crippen molar-refractivity contribution < 1.29 is 13.5 Å². The zero-order valence-electron chi connectivity index (χ0n) is 11.2. The van der Waals surface area contributed by atoms with Crippen molar-refractivity contribution in [2.24, 2.45) is 5.92 Å². The van der Waals surface area contributed by atoms with Gasteiger partial charge in [-0.2, -0.15) is 4.31 Å². The Morgan fingerprint density at radius 1 is 1.42 bits per heavy atom. The number of benzene rings is 1. The molecule has 6 heteroatoms. The van der Waals surface area contributed by atoms with Crippen LogP contribution in [0.5, 0.6) is 0 Å². The van der Waals surface area contributed by atoms with E-state index >= 15 is 0 Å². The molecule has 1 aromatic rings. The molecular weight excluding hydrogens is 264 g/mol. The van der Waals surface area contributed by atoms with Crippen molar-refractivity contribution in [2.45, 2.75) is 31.3 Å². The van der Waals surface area contributed by atoms with Crippen molar-refractivity contribution in [1.82, 2.24) is 4.31 Å². The lowest BCUT2D eigenvalue weighted by Gasteiger charge is -2.33. The third kappa shape index (κ3) is 2.61. The normalized spacial score (nSPS) is 25.4. The van der Waals surface area contributed by atoms with Gasteiger partial charge in [0.15, 0.2) is 0 Å². The Balaban J connectivity index is 2.35. The van der Waals surface area contributed by atoms with Crippen LogP contribution in [0.1, 0.15) is 18.9 Å². The summed E-state index contributed by atoms with van der Waals surface area (Å²) in [5.74, 6) is 0.133. The van der Waals surface area contributed by atoms with Gasteiger partial charge in [-0.1, -0.05) is 13.0 Å². The summed E-state index contributed by atoms with van der Waals surface area (Å²) in [6.07, 6.45) is 0.0618. The van der Waals surface area contributed by atoms with Gasteiger partial charge in [0.1, 0.15) is 0 Å². The molecule has 1 aliphatic rings. The highest BCUT2D eigenvalue weighted by atomic mass is 32.2. The lowest BCUT2D eigenvalue weighted by Crippen LogP contribution is -2.45. The van der Waals surface area contributed by atoms with Crippen LogP contribution in [0.15, 0.2) is 23.1 Å². The fourth-order valence-corrected chi connectivity index (χ4v) is 4.02. The predicted molar refractivity (Wildman–Crippen MR) is 74.1 cm³/mol. The fourth-order valence-electron chi connectivity index (χ4n) is 2.29. The Bertz CT molecular complexity index is 571. The van der Waals surface area contributed by atoms with Gasteiger partial charge in [0.2, 0.25) is 10.0 Å². The molecule has 0 amide bonds. The number of nitrogens with two attached hydrogens (primary N) is 1. The number of aliphatic hydroxyl groups is 1. The lowest BCUT2D eigenvalue weighted by molar-refractivity contribution is 0.0605. The van der Waals surface area contributed by atoms with Crippen LogP contribution < -0.4 is 5.73 Å². The molecule has 1 aromatic carbocycles. The minimum Gasteiger partial charge on any atom is -0.398 e. The van der Waals surface area contributed by atoms with E-state index in [-0.39, 0.29) is 17.4 Å². The van der Waals surface area contributed by atoms with Crippen LogP contribution >= 0.6 is 0 Å². The van der Waals surface area contributed by atoms with Crippen molar-refractivity contribution in [3.8, 4) is 0 Å². The highest BCUT2D eigenvalue weighted by molar-refractivity contribution is 7.89. The van der Waals surface area contributed by atoms with Crippen LogP contribution in [0.25, 0.3) is 0 Å². The number of hydrogen-bond acceptors (Lipinski definition) is 4. The van der Waals surface area contributed by atoms with E-state index in [4.69, 9.17) is 5.73 Å². The highest BCUT2D eigenvalue weighted by Crippen LogP contribution is 2.27. The second-order valence-corrected chi connectivity index (χ2v) is 7.07. The maximum atomic E-state index is 12.6. The van der Waals surface area contributed by atoms with E-state index < -0.39 is 16.1 Å². The van der Waals surface area contributed by atoms with Crippen molar-refractivity contribution in [2.75, 3.05) is 18.8 Å². The SMILES string of the molecule is Cc1c(N)cccc1S(=O)(=O)N1CCC(C)C(O)C1. The monoisotopic (exact) mass is 284 g/mol. The molecule has 0 spiro atoms. The first-order valence-corrected chi connectivity index (χ1v) is 7.81. The van der Waals surface area contributed by atoms with E-state index in [0.29, 0.717) is 24.2 Å². The second-order valence-electron chi connectivity index (χ2n) is 5.17. The fraction of sp³-hybridized carbons (Fsp3) is 0.538. The van der Waals surface area contributed by atoms with Crippen LogP contribution in [0.2, 0.25) is 0 Å². The average molecular weight is 284 g/mol. The van der Waals surface area contributed by atoms with Gasteiger partial charge in [-0.3, -0.25) is 0 Å². The molecule has 5 nitrogen and oxygen atoms in total. The van der Waals surface area contributed by atoms with Crippen LogP contribution in [0, 0.1) is 12.8 Å². The molecule has 0 saturated carbocycles. The van der Waals surface area contributed by atoms with Crippen molar-refractivity contribution in [3.63, 3.8) is 0 Å². The van der Waals surface area contributed by atoms with Gasteiger partial charge in [0.05, 0.1) is 11.0 Å². The molecule has 0 aromatic heterocycles. The van der Waals surface area contributed by atoms with Gasteiger partial charge in [-0.15, -0.1) is 0 Å². The summed E-state index contributed by atoms with van der Waals surface area (Å²) < 4.78 is 26.5. The zero-order valence-corrected chi connectivity index (χ0v) is 12.0. The number of β-amino-alcohol motifs (C(OH)–C–C–N with tert-alkyl or cyclic N) is 1. The topological polar surface area (TPSA) is 83.6 Å². The van der Waals surface area contributed by atoms with Gasteiger partial charge in [-0.05, 0) is 37.0 Å². The van der Waals surface area contributed by atoms with Gasteiger partial charge >= 0.3 is 0 Å². The van der Waals surface area contributed by atoms with Crippen LogP contribution in [0.3, 0.4) is 0 Å². The van der Waals surface area contributed by atoms with Gasteiger partial charge in [-0.25, -0.2) is 8.42 Å². The summed E-state index contributed by atoms with van der Waals surface area (Å²) in [5, 5.41) is 9.85. The Morgan fingerprint density at radius 3 is 2.74 bits per heavy atom. The summed E-state index contributed by atoms with van der Waals surface area (Å²) in [6, 6.07) is 4.88. The third-order valence-corrected chi connectivity index (χ3v) is 5.83. The predicted octanol–water partition coefficient (Wildman–Crippen LogP) is 0.969. The number of rotatable bonds is 2. The smallest absolute Gasteiger partial charge is 0.243 e. The van der Waals surface area contributed by atoms with Crippen LogP contribution in [-0.4, -0.2) is 37.0 Å². The van der Waals surface area contributed by atoms with Gasteiger partial charge in [0.25, 0.3) is 0 Å². The number of hydrogen-bond donors (Lipinski definition) is 2. The second kappa shape index (κ2) is 5.11. The molecular formula is C13H20N2O3S. The van der Waals surface area contributed by atoms with E-state index in [0.717, 1.165) is 0 Å². The molecule has 2 unspecified atom stereocenters. The maximum absolute atomic E-state index is 12.6. The first-order chi connectivity index (χ1) is 8.84. The first kappa shape index (κ1) is 14.3. The van der Waals surface area contributed by atoms with Gasteiger partial charge in [0, 0.05) is 18.8 Å². The average Bonchev–Trinajstić information content (AvgIpc) is 2.35. The summed E-state index contributed by atoms with van der Waals surface area (Å²) in [5.41, 5.74) is 6.79. The molecule has 3 N–H and O–H groups in total. The quantitative estimate of drug-likeness (QED) is 0.793. The van der Waals surface area contributed by atoms with E-state index in [1.807, 2.05) is 6.92 Å². The Kier molecular flexibility index (Phi) is 3.85. The molecule has 2 rings (SSSR count). The number of aliphatic hydroxyl groups excluding tert-OH is 1. The first-order valence-electron chi connectivity index (χ1n) is 6.37. The van der Waals surface area contributed by atoms with E-state index in [9.17, 15) is 13.5 Å². The summed E-state index contributed by atoms with van der Waals surface area (Å²) in [7, 11) is -3.58. The number of nitrogen functional groups attached to an aromatic ring is 1. The summed E-state index contributed by atoms with van der Waals surface area (Å²) in [6.45, 7) is 4.22. The third-order valence-electron chi connectivity index (χ3n) is 3.83. The van der Waals surface area contributed by atoms with E-state index in [1.54, 1.807) is 25.1 Å². The van der Waals surface area contributed by atoms with Crippen molar-refractivity contribution in [3.05, 3.63) is 23.8 Å². The van der Waals surface area contributed by atoms with Crippen molar-refractivity contribution in [1.29, 1.82) is 0 Å². The molecule has 1 heterocycles. The standard InChI is InChI=1S/C13H20N2O3S/c1-9-6-7-15(8-12(9)16)19(17,18)13-5-3-4-11(14)10(13)2/h3-5,9,12,16H,6-8,14H2,1-2H3. The molecule has 0 aliphatic carbocycles. The van der Waals surface area contributed by atoms with Crippen molar-refractivity contribution >= 4 is 15.7 Å². The zero-order chi connectivity index (χ0) is 14.2. The highest BCUT2D eigenvalue weighted by Gasteiger charge is 2.33. The van der Waals surface area contributed by atoms with E-state index in [2.05, 4.69) is 0 Å². The Morgan fingerprint density at radius 2 is 2.11 bits per heavy atom. The number of sulfonamides is 1. The molecule has 1 saturated heterocycles. The largest absolute Gasteiger partial charge is 0.398 e. The molecule has 1 aliphatic heterocycles. The molecule has 1 fully saturated rings. The van der Waals surface area contributed by atoms with Crippen LogP contribution in [-0.2, 0) is 10.0 Å². The minimum absolute atomic E-state index is 0.133. The molecule has 19 heavy (non-hydrogen) atoms. The molecule has 106 valence electrons. The molecule has 2 atom stereocenters. The molecule has 0 bridgehead atoms. The number of piperidine rings is 1. The van der Waals surface area contributed by atoms with E-state index in [1.165, 1.54) is 4.31 Å². The Hall–Kier alpha value is -1.11. The summed E-state index contributed by atoms with van der Waals surface area (Å²) >= 11 is 0. The number of nitrogens with zero attached hydrogens (tertiary/aromatic N) is 1. The molecule has 0 radical (unpaired) electrons. The van der Waals surface area contributed by atoms with Gasteiger partial charge < -0.3 is 10.8 Å². The maximum Gasteiger partial charge on any atom is 0.243 e. The summed E-state index contributed by atoms with van der Waals surface area (Å²) in [4.78, 5) is 0.231. The Labute approximate surface area is 114 Å².